The number of carbonyl (C=O) groups is 1. The number of amides is 1. The van der Waals surface area contributed by atoms with Crippen LogP contribution in [0, 0.1) is 6.92 Å². The molecule has 0 bridgehead atoms. The highest BCUT2D eigenvalue weighted by molar-refractivity contribution is 7.13. The monoisotopic (exact) mass is 322 g/mol. The zero-order valence-electron chi connectivity index (χ0n) is 13.0. The molecule has 0 radical (unpaired) electrons. The van der Waals surface area contributed by atoms with Gasteiger partial charge in [0.25, 0.3) is 0 Å². The summed E-state index contributed by atoms with van der Waals surface area (Å²) in [7, 11) is 0. The smallest absolute Gasteiger partial charge is 0.224 e. The van der Waals surface area contributed by atoms with Gasteiger partial charge in [0.2, 0.25) is 5.91 Å². The van der Waals surface area contributed by atoms with E-state index in [1.807, 2.05) is 35.7 Å². The minimum Gasteiger partial charge on any atom is -0.326 e. The van der Waals surface area contributed by atoms with Gasteiger partial charge in [-0.15, -0.1) is 11.3 Å². The normalized spacial score (nSPS) is 10.5. The second-order valence-corrected chi connectivity index (χ2v) is 6.28. The molecular weight excluding hydrogens is 304 g/mol. The van der Waals surface area contributed by atoms with Crippen molar-refractivity contribution < 1.29 is 4.79 Å². The maximum Gasteiger partial charge on any atom is 0.224 e. The first-order valence-corrected chi connectivity index (χ1v) is 8.45. The molecule has 1 aromatic heterocycles. The summed E-state index contributed by atoms with van der Waals surface area (Å²) in [6.07, 6.45) is 1.09. The first-order chi connectivity index (χ1) is 11.2. The van der Waals surface area contributed by atoms with Crippen LogP contribution in [0.5, 0.6) is 0 Å². The summed E-state index contributed by atoms with van der Waals surface area (Å²) >= 11 is 1.62. The number of hydrogen-bond donors (Lipinski definition) is 1. The third-order valence-corrected chi connectivity index (χ3v) is 4.46. The van der Waals surface area contributed by atoms with Crippen molar-refractivity contribution in [2.45, 2.75) is 19.8 Å². The van der Waals surface area contributed by atoms with Gasteiger partial charge in [-0.25, -0.2) is 4.98 Å². The summed E-state index contributed by atoms with van der Waals surface area (Å²) in [5.74, 6) is 0.0149. The Morgan fingerprint density at radius 1 is 1.09 bits per heavy atom. The van der Waals surface area contributed by atoms with Crippen LogP contribution in [-0.2, 0) is 11.2 Å². The number of carbonyl (C=O) groups excluding carboxylic acids is 1. The van der Waals surface area contributed by atoms with Crippen LogP contribution in [0.25, 0.3) is 10.6 Å². The second kappa shape index (κ2) is 7.20. The van der Waals surface area contributed by atoms with Gasteiger partial charge in [-0.3, -0.25) is 4.79 Å². The van der Waals surface area contributed by atoms with E-state index in [1.54, 1.807) is 11.3 Å². The average Bonchev–Trinajstić information content (AvgIpc) is 3.04. The molecule has 0 aliphatic heterocycles. The number of anilines is 1. The Morgan fingerprint density at radius 3 is 2.57 bits per heavy atom. The van der Waals surface area contributed by atoms with E-state index in [0.29, 0.717) is 12.8 Å². The Labute approximate surface area is 140 Å². The summed E-state index contributed by atoms with van der Waals surface area (Å²) in [5.41, 5.74) is 4.16. The molecule has 3 aromatic rings. The fourth-order valence-electron chi connectivity index (χ4n) is 2.24. The molecule has 4 heteroatoms. The van der Waals surface area contributed by atoms with Gasteiger partial charge in [-0.1, -0.05) is 48.0 Å². The molecule has 3 nitrogen and oxygen atoms in total. The number of aromatic nitrogens is 1. The van der Waals surface area contributed by atoms with Gasteiger partial charge < -0.3 is 5.32 Å². The lowest BCUT2D eigenvalue weighted by atomic mass is 10.1. The fourth-order valence-corrected chi connectivity index (χ4v) is 3.10. The predicted octanol–water partition coefficient (Wildman–Crippen LogP) is 4.69. The summed E-state index contributed by atoms with van der Waals surface area (Å²) in [4.78, 5) is 16.6. The highest BCUT2D eigenvalue weighted by Crippen LogP contribution is 2.24. The van der Waals surface area contributed by atoms with Crippen LogP contribution < -0.4 is 5.32 Å². The fraction of sp³-hybridized carbons (Fsp3) is 0.158. The SMILES string of the molecule is Cc1ccc(-c2nc(CCC(=O)Nc3ccccc3)cs2)cc1. The Morgan fingerprint density at radius 2 is 1.83 bits per heavy atom. The average molecular weight is 322 g/mol. The van der Waals surface area contributed by atoms with E-state index < -0.39 is 0 Å². The van der Waals surface area contributed by atoms with Crippen molar-refractivity contribution in [2.24, 2.45) is 0 Å². The number of rotatable bonds is 5. The number of para-hydroxylation sites is 1. The first kappa shape index (κ1) is 15.4. The molecule has 0 saturated heterocycles. The van der Waals surface area contributed by atoms with E-state index in [-0.39, 0.29) is 5.91 Å². The lowest BCUT2D eigenvalue weighted by Gasteiger charge is -2.03. The van der Waals surface area contributed by atoms with Gasteiger partial charge in [0.1, 0.15) is 5.01 Å². The van der Waals surface area contributed by atoms with Gasteiger partial charge in [0, 0.05) is 23.1 Å². The number of hydrogen-bond acceptors (Lipinski definition) is 3. The molecule has 2 aromatic carbocycles. The lowest BCUT2D eigenvalue weighted by molar-refractivity contribution is -0.116. The summed E-state index contributed by atoms with van der Waals surface area (Å²) < 4.78 is 0. The molecule has 116 valence electrons. The van der Waals surface area contributed by atoms with E-state index >= 15 is 0 Å². The third-order valence-electron chi connectivity index (χ3n) is 3.52. The van der Waals surface area contributed by atoms with Crippen molar-refractivity contribution >= 4 is 22.9 Å². The quantitative estimate of drug-likeness (QED) is 0.740. The van der Waals surface area contributed by atoms with Gasteiger partial charge >= 0.3 is 0 Å². The molecule has 23 heavy (non-hydrogen) atoms. The minimum absolute atomic E-state index is 0.0149. The maximum atomic E-state index is 12.0. The van der Waals surface area contributed by atoms with Gasteiger partial charge in [0.05, 0.1) is 5.69 Å². The van der Waals surface area contributed by atoms with Gasteiger partial charge in [-0.2, -0.15) is 0 Å². The van der Waals surface area contributed by atoms with Crippen molar-refractivity contribution in [3.05, 3.63) is 71.2 Å². The molecule has 1 heterocycles. The maximum absolute atomic E-state index is 12.0. The predicted molar refractivity (Wildman–Crippen MR) is 95.7 cm³/mol. The standard InChI is InChI=1S/C19H18N2OS/c1-14-7-9-15(10-8-14)19-21-17(13-23-19)11-12-18(22)20-16-5-3-2-4-6-16/h2-10,13H,11-12H2,1H3,(H,20,22). The Kier molecular flexibility index (Phi) is 4.83. The number of thiazole rings is 1. The highest BCUT2D eigenvalue weighted by Gasteiger charge is 2.07. The molecule has 0 aliphatic carbocycles. The molecule has 0 fully saturated rings. The lowest BCUT2D eigenvalue weighted by Crippen LogP contribution is -2.12. The van der Waals surface area contributed by atoms with Crippen LogP contribution in [0.4, 0.5) is 5.69 Å². The molecule has 1 amide bonds. The molecule has 0 saturated carbocycles. The van der Waals surface area contributed by atoms with E-state index in [1.165, 1.54) is 5.56 Å². The molecule has 1 N–H and O–H groups in total. The van der Waals surface area contributed by atoms with E-state index in [0.717, 1.165) is 22.0 Å². The first-order valence-electron chi connectivity index (χ1n) is 7.57. The third kappa shape index (κ3) is 4.27. The van der Waals surface area contributed by atoms with Crippen LogP contribution in [0.1, 0.15) is 17.7 Å². The molecular formula is C19H18N2OS. The molecule has 3 rings (SSSR count). The number of nitrogens with zero attached hydrogens (tertiary/aromatic N) is 1. The van der Waals surface area contributed by atoms with Gasteiger partial charge in [-0.05, 0) is 25.5 Å². The Hall–Kier alpha value is -2.46. The van der Waals surface area contributed by atoms with Crippen LogP contribution in [0.3, 0.4) is 0 Å². The van der Waals surface area contributed by atoms with Crippen molar-refractivity contribution in [1.82, 2.24) is 4.98 Å². The Balaban J connectivity index is 1.57. The zero-order chi connectivity index (χ0) is 16.1. The van der Waals surface area contributed by atoms with E-state index in [4.69, 9.17) is 0 Å². The summed E-state index contributed by atoms with van der Waals surface area (Å²) in [6.45, 7) is 2.07. The molecule has 0 aliphatic rings. The number of nitrogens with one attached hydrogen (secondary N) is 1. The number of aryl methyl sites for hydroxylation is 2. The molecule has 0 unspecified atom stereocenters. The zero-order valence-corrected chi connectivity index (χ0v) is 13.8. The molecule has 0 spiro atoms. The van der Waals surface area contributed by atoms with Crippen LogP contribution in [0.15, 0.2) is 60.0 Å². The second-order valence-electron chi connectivity index (χ2n) is 5.42. The minimum atomic E-state index is 0.0149. The highest BCUT2D eigenvalue weighted by atomic mass is 32.1. The van der Waals surface area contributed by atoms with Crippen molar-refractivity contribution in [3.8, 4) is 10.6 Å². The number of benzene rings is 2. The summed E-state index contributed by atoms with van der Waals surface area (Å²) in [5, 5.41) is 5.93. The summed E-state index contributed by atoms with van der Waals surface area (Å²) in [6, 6.07) is 17.9. The largest absolute Gasteiger partial charge is 0.326 e. The van der Waals surface area contributed by atoms with Crippen LogP contribution in [0.2, 0.25) is 0 Å². The van der Waals surface area contributed by atoms with Gasteiger partial charge in [0.15, 0.2) is 0 Å². The van der Waals surface area contributed by atoms with Crippen molar-refractivity contribution in [3.63, 3.8) is 0 Å². The van der Waals surface area contributed by atoms with Crippen LogP contribution in [-0.4, -0.2) is 10.9 Å². The Bertz CT molecular complexity index is 779. The topological polar surface area (TPSA) is 42.0 Å². The molecule has 0 atom stereocenters. The van der Waals surface area contributed by atoms with Crippen molar-refractivity contribution in [2.75, 3.05) is 5.32 Å². The van der Waals surface area contributed by atoms with E-state index in [9.17, 15) is 4.79 Å². The van der Waals surface area contributed by atoms with Crippen LogP contribution >= 0.6 is 11.3 Å². The van der Waals surface area contributed by atoms with E-state index in [2.05, 4.69) is 41.5 Å². The van der Waals surface area contributed by atoms with Crippen molar-refractivity contribution in [1.29, 1.82) is 0 Å².